The normalized spacial score (nSPS) is 15.9. The maximum Gasteiger partial charge on any atom is 0.407 e. The number of aliphatic hydroxyl groups excluding tert-OH is 3. The molecule has 0 saturated carbocycles. The molecule has 8 heteroatoms. The topological polar surface area (TPSA) is 120 Å². The Bertz CT molecular complexity index is 897. The van der Waals surface area contributed by atoms with Crippen molar-refractivity contribution < 1.29 is 29.6 Å². The first-order valence-corrected chi connectivity index (χ1v) is 12.5. The predicted octanol–water partition coefficient (Wildman–Crippen LogP) is 2.82. The summed E-state index contributed by atoms with van der Waals surface area (Å²) in [7, 11) is 0. The molecule has 0 radical (unpaired) electrons. The minimum absolute atomic E-state index is 0.165. The molecule has 0 bridgehead atoms. The third-order valence-corrected chi connectivity index (χ3v) is 5.51. The molecular formula is C28H42N2O6. The molecule has 8 nitrogen and oxygen atoms in total. The van der Waals surface area contributed by atoms with E-state index in [0.29, 0.717) is 18.6 Å². The van der Waals surface area contributed by atoms with Crippen LogP contribution < -0.4 is 15.4 Å². The summed E-state index contributed by atoms with van der Waals surface area (Å²) >= 11 is 0. The van der Waals surface area contributed by atoms with E-state index in [9.17, 15) is 20.1 Å². The Balaban J connectivity index is 2.07. The zero-order valence-corrected chi connectivity index (χ0v) is 22.0. The second-order valence-electron chi connectivity index (χ2n) is 10.3. The van der Waals surface area contributed by atoms with Crippen molar-refractivity contribution in [1.29, 1.82) is 0 Å². The predicted molar refractivity (Wildman–Crippen MR) is 140 cm³/mol. The van der Waals surface area contributed by atoms with Gasteiger partial charge in [-0.1, -0.05) is 42.5 Å². The highest BCUT2D eigenvalue weighted by atomic mass is 16.6. The summed E-state index contributed by atoms with van der Waals surface area (Å²) in [5, 5.41) is 36.8. The van der Waals surface area contributed by atoms with Gasteiger partial charge < -0.3 is 35.4 Å². The van der Waals surface area contributed by atoms with Gasteiger partial charge >= 0.3 is 6.09 Å². The number of nitrogens with one attached hydrogen (secondary N) is 2. The van der Waals surface area contributed by atoms with Crippen LogP contribution in [0.25, 0.3) is 0 Å². The van der Waals surface area contributed by atoms with Crippen LogP contribution in [0.2, 0.25) is 0 Å². The van der Waals surface area contributed by atoms with Gasteiger partial charge in [-0.05, 0) is 70.7 Å². The van der Waals surface area contributed by atoms with E-state index in [1.165, 1.54) is 0 Å². The summed E-state index contributed by atoms with van der Waals surface area (Å²) in [6, 6.07) is 16.2. The van der Waals surface area contributed by atoms with Crippen LogP contribution in [0.4, 0.5) is 4.79 Å². The fourth-order valence-electron chi connectivity index (χ4n) is 3.63. The summed E-state index contributed by atoms with van der Waals surface area (Å²) < 4.78 is 10.9. The van der Waals surface area contributed by atoms with Crippen molar-refractivity contribution in [1.82, 2.24) is 10.6 Å². The van der Waals surface area contributed by atoms with Crippen LogP contribution in [-0.2, 0) is 17.6 Å². The van der Waals surface area contributed by atoms with Crippen LogP contribution in [0.3, 0.4) is 0 Å². The lowest BCUT2D eigenvalue weighted by Gasteiger charge is -2.29. The van der Waals surface area contributed by atoms with Gasteiger partial charge in [-0.2, -0.15) is 0 Å². The number of hydrogen-bond acceptors (Lipinski definition) is 7. The summed E-state index contributed by atoms with van der Waals surface area (Å²) in [5.41, 5.74) is 1.29. The van der Waals surface area contributed by atoms with Crippen molar-refractivity contribution >= 4 is 6.09 Å². The van der Waals surface area contributed by atoms with Crippen LogP contribution in [-0.4, -0.2) is 70.6 Å². The smallest absolute Gasteiger partial charge is 0.407 e. The Kier molecular flexibility index (Phi) is 11.7. The van der Waals surface area contributed by atoms with Crippen LogP contribution >= 0.6 is 0 Å². The fourth-order valence-corrected chi connectivity index (χ4v) is 3.63. The zero-order chi connectivity index (χ0) is 26.7. The molecule has 2 rings (SSSR count). The molecule has 0 aliphatic heterocycles. The number of rotatable bonds is 13. The molecule has 0 aliphatic rings. The van der Waals surface area contributed by atoms with E-state index in [1.807, 2.05) is 42.5 Å². The van der Waals surface area contributed by atoms with Crippen molar-refractivity contribution in [3.8, 4) is 5.75 Å². The summed E-state index contributed by atoms with van der Waals surface area (Å²) in [6.07, 6.45) is -1.80. The molecule has 0 aliphatic carbocycles. The Morgan fingerprint density at radius 3 is 2.03 bits per heavy atom. The van der Waals surface area contributed by atoms with E-state index in [4.69, 9.17) is 9.47 Å². The first-order valence-electron chi connectivity index (χ1n) is 12.5. The van der Waals surface area contributed by atoms with E-state index < -0.39 is 36.0 Å². The second kappa shape index (κ2) is 14.2. The molecule has 0 aromatic heterocycles. The molecule has 0 fully saturated rings. The monoisotopic (exact) mass is 502 g/mol. The summed E-state index contributed by atoms with van der Waals surface area (Å²) in [5.74, 6) is 0.624. The first kappa shape index (κ1) is 29.6. The minimum atomic E-state index is -0.944. The Labute approximate surface area is 214 Å². The average molecular weight is 503 g/mol. The molecule has 0 saturated heterocycles. The van der Waals surface area contributed by atoms with Gasteiger partial charge in [-0.3, -0.25) is 0 Å². The zero-order valence-electron chi connectivity index (χ0n) is 22.0. The van der Waals surface area contributed by atoms with Crippen molar-refractivity contribution in [2.75, 3.05) is 13.2 Å². The Hall–Kier alpha value is -2.65. The van der Waals surface area contributed by atoms with Crippen LogP contribution in [0, 0.1) is 0 Å². The molecule has 1 amide bonds. The number of carbonyl (C=O) groups excluding carboxylic acids is 1. The lowest BCUT2D eigenvalue weighted by atomic mass is 9.99. The SMILES string of the molecule is CC(O)COc1ccc(C[C@@H](NC(=O)OC(C)(C)C)[C@@H](O)CNC(Cc2ccccc2)C(C)O)cc1. The third-order valence-electron chi connectivity index (χ3n) is 5.51. The maximum atomic E-state index is 12.5. The fraction of sp³-hybridized carbons (Fsp3) is 0.536. The largest absolute Gasteiger partial charge is 0.491 e. The van der Waals surface area contributed by atoms with Gasteiger partial charge in [-0.15, -0.1) is 0 Å². The number of alkyl carbamates (subject to hydrolysis) is 1. The quantitative estimate of drug-likeness (QED) is 0.286. The molecule has 5 N–H and O–H groups in total. The van der Waals surface area contributed by atoms with Gasteiger partial charge in [-0.25, -0.2) is 4.79 Å². The van der Waals surface area contributed by atoms with Gasteiger partial charge in [0.1, 0.15) is 18.0 Å². The molecule has 2 aromatic carbocycles. The third kappa shape index (κ3) is 11.4. The van der Waals surface area contributed by atoms with Crippen molar-refractivity contribution in [3.05, 3.63) is 65.7 Å². The van der Waals surface area contributed by atoms with Crippen molar-refractivity contribution in [2.24, 2.45) is 0 Å². The number of hydrogen-bond donors (Lipinski definition) is 5. The highest BCUT2D eigenvalue weighted by Crippen LogP contribution is 2.16. The lowest BCUT2D eigenvalue weighted by molar-refractivity contribution is 0.0410. The molecular weight excluding hydrogens is 460 g/mol. The van der Waals surface area contributed by atoms with Gasteiger partial charge in [0.25, 0.3) is 0 Å². The van der Waals surface area contributed by atoms with Crippen LogP contribution in [0.5, 0.6) is 5.75 Å². The molecule has 3 unspecified atom stereocenters. The highest BCUT2D eigenvalue weighted by molar-refractivity contribution is 5.68. The Morgan fingerprint density at radius 1 is 0.889 bits per heavy atom. The van der Waals surface area contributed by atoms with E-state index in [1.54, 1.807) is 46.8 Å². The van der Waals surface area contributed by atoms with Gasteiger partial charge in [0.05, 0.1) is 24.4 Å². The second-order valence-corrected chi connectivity index (χ2v) is 10.3. The number of aliphatic hydroxyl groups is 3. The summed E-state index contributed by atoms with van der Waals surface area (Å²) in [4.78, 5) is 12.5. The molecule has 5 atom stereocenters. The Morgan fingerprint density at radius 2 is 1.47 bits per heavy atom. The van der Waals surface area contributed by atoms with E-state index in [0.717, 1.165) is 11.1 Å². The molecule has 36 heavy (non-hydrogen) atoms. The van der Waals surface area contributed by atoms with Crippen molar-refractivity contribution in [3.63, 3.8) is 0 Å². The molecule has 2 aromatic rings. The number of amides is 1. The molecule has 0 heterocycles. The van der Waals surface area contributed by atoms with E-state index in [-0.39, 0.29) is 19.2 Å². The molecule has 200 valence electrons. The summed E-state index contributed by atoms with van der Waals surface area (Å²) in [6.45, 7) is 9.06. The van der Waals surface area contributed by atoms with E-state index >= 15 is 0 Å². The van der Waals surface area contributed by atoms with Gasteiger partial charge in [0.15, 0.2) is 0 Å². The number of ether oxygens (including phenoxy) is 2. The van der Waals surface area contributed by atoms with Crippen LogP contribution in [0.15, 0.2) is 54.6 Å². The van der Waals surface area contributed by atoms with Gasteiger partial charge in [0.2, 0.25) is 0 Å². The van der Waals surface area contributed by atoms with Crippen LogP contribution in [0.1, 0.15) is 45.7 Å². The highest BCUT2D eigenvalue weighted by Gasteiger charge is 2.26. The number of carbonyl (C=O) groups is 1. The average Bonchev–Trinajstić information content (AvgIpc) is 2.80. The first-order chi connectivity index (χ1) is 16.9. The number of benzene rings is 2. The lowest BCUT2D eigenvalue weighted by Crippen LogP contribution is -2.52. The van der Waals surface area contributed by atoms with Gasteiger partial charge in [0, 0.05) is 12.6 Å². The molecule has 0 spiro atoms. The van der Waals surface area contributed by atoms with Crippen molar-refractivity contribution in [2.45, 2.75) is 83.5 Å². The standard InChI is InChI=1S/C28H42N2O6/c1-19(31)18-35-23-13-11-22(12-14-23)16-25(30-27(34)36-28(3,4)5)26(33)17-29-24(20(2)32)15-21-9-7-6-8-10-21/h6-14,19-20,24-26,29,31-33H,15-18H2,1-5H3,(H,30,34)/t19?,20?,24?,25-,26+/m1/s1. The minimum Gasteiger partial charge on any atom is -0.491 e. The van der Waals surface area contributed by atoms with E-state index in [2.05, 4.69) is 10.6 Å². The maximum absolute atomic E-state index is 12.5.